The lowest BCUT2D eigenvalue weighted by atomic mass is 10.2. The van der Waals surface area contributed by atoms with Crippen LogP contribution < -0.4 is 5.73 Å². The molecule has 5 heteroatoms. The number of nitrogen functional groups attached to an aromatic ring is 1. The first kappa shape index (κ1) is 13.0. The van der Waals surface area contributed by atoms with E-state index in [0.29, 0.717) is 11.5 Å². The minimum Gasteiger partial charge on any atom is -0.460 e. The Kier molecular flexibility index (Phi) is 3.91. The van der Waals surface area contributed by atoms with E-state index in [2.05, 4.69) is 20.9 Å². The van der Waals surface area contributed by atoms with Gasteiger partial charge in [-0.25, -0.2) is 4.98 Å². The van der Waals surface area contributed by atoms with E-state index in [1.807, 2.05) is 20.8 Å². The van der Waals surface area contributed by atoms with E-state index in [-0.39, 0.29) is 12.4 Å². The van der Waals surface area contributed by atoms with Gasteiger partial charge in [0.2, 0.25) is 0 Å². The van der Waals surface area contributed by atoms with Gasteiger partial charge in [0.15, 0.2) is 0 Å². The van der Waals surface area contributed by atoms with Gasteiger partial charge in [-0.05, 0) is 48.8 Å². The predicted octanol–water partition coefficient (Wildman–Crippen LogP) is 2.31. The molecule has 16 heavy (non-hydrogen) atoms. The van der Waals surface area contributed by atoms with Crippen molar-refractivity contribution in [3.05, 3.63) is 22.3 Å². The summed E-state index contributed by atoms with van der Waals surface area (Å²) < 4.78 is 5.95. The predicted molar refractivity (Wildman–Crippen MR) is 65.9 cm³/mol. The largest absolute Gasteiger partial charge is 0.460 e. The summed E-state index contributed by atoms with van der Waals surface area (Å²) in [6.07, 6.45) is 0.114. The molecule has 0 radical (unpaired) electrons. The molecule has 1 aromatic rings. The molecule has 0 aliphatic heterocycles. The van der Waals surface area contributed by atoms with Gasteiger partial charge in [-0.1, -0.05) is 0 Å². The SMILES string of the molecule is CC(C)(C)OC(=O)Cc1nc(N)ccc1Br. The van der Waals surface area contributed by atoms with E-state index in [0.717, 1.165) is 4.47 Å². The minimum atomic E-state index is -0.482. The van der Waals surface area contributed by atoms with Crippen molar-refractivity contribution in [1.82, 2.24) is 4.98 Å². The van der Waals surface area contributed by atoms with Gasteiger partial charge >= 0.3 is 5.97 Å². The Morgan fingerprint density at radius 1 is 1.50 bits per heavy atom. The lowest BCUT2D eigenvalue weighted by Gasteiger charge is -2.19. The first-order chi connectivity index (χ1) is 7.28. The maximum absolute atomic E-state index is 11.6. The van der Waals surface area contributed by atoms with Gasteiger partial charge in [-0.15, -0.1) is 0 Å². The molecule has 88 valence electrons. The van der Waals surface area contributed by atoms with Crippen molar-refractivity contribution in [3.63, 3.8) is 0 Å². The lowest BCUT2D eigenvalue weighted by Crippen LogP contribution is -2.25. The van der Waals surface area contributed by atoms with Crippen molar-refractivity contribution >= 4 is 27.7 Å². The van der Waals surface area contributed by atoms with Gasteiger partial charge in [0.1, 0.15) is 11.4 Å². The number of esters is 1. The summed E-state index contributed by atoms with van der Waals surface area (Å²) in [7, 11) is 0. The van der Waals surface area contributed by atoms with Crippen LogP contribution in [0.4, 0.5) is 5.82 Å². The van der Waals surface area contributed by atoms with Gasteiger partial charge in [0.05, 0.1) is 12.1 Å². The highest BCUT2D eigenvalue weighted by atomic mass is 79.9. The van der Waals surface area contributed by atoms with E-state index < -0.39 is 5.60 Å². The van der Waals surface area contributed by atoms with Crippen molar-refractivity contribution in [1.29, 1.82) is 0 Å². The number of nitrogens with two attached hydrogens (primary N) is 1. The number of carbonyl (C=O) groups excluding carboxylic acids is 1. The number of hydrogen-bond donors (Lipinski definition) is 1. The van der Waals surface area contributed by atoms with Crippen LogP contribution in [0, 0.1) is 0 Å². The quantitative estimate of drug-likeness (QED) is 0.848. The molecule has 0 aromatic carbocycles. The summed E-state index contributed by atoms with van der Waals surface area (Å²) in [5, 5.41) is 0. The third-order valence-electron chi connectivity index (χ3n) is 1.67. The molecule has 0 aliphatic rings. The van der Waals surface area contributed by atoms with E-state index in [1.165, 1.54) is 0 Å². The number of anilines is 1. The summed E-state index contributed by atoms with van der Waals surface area (Å²) in [5.74, 6) is 0.0769. The Balaban J connectivity index is 2.73. The second kappa shape index (κ2) is 4.82. The molecule has 0 fully saturated rings. The molecule has 1 rings (SSSR count). The molecule has 0 aliphatic carbocycles. The summed E-state index contributed by atoms with van der Waals surface area (Å²) in [6, 6.07) is 3.44. The second-order valence-electron chi connectivity index (χ2n) is 4.43. The molecule has 0 saturated carbocycles. The van der Waals surface area contributed by atoms with Crippen LogP contribution in [0.5, 0.6) is 0 Å². The van der Waals surface area contributed by atoms with Gasteiger partial charge in [0, 0.05) is 4.47 Å². The molecule has 4 nitrogen and oxygen atoms in total. The number of nitrogens with zero attached hydrogens (tertiary/aromatic N) is 1. The molecule has 0 bridgehead atoms. The van der Waals surface area contributed by atoms with Crippen LogP contribution in [0.1, 0.15) is 26.5 Å². The lowest BCUT2D eigenvalue weighted by molar-refractivity contribution is -0.154. The molecule has 1 heterocycles. The van der Waals surface area contributed by atoms with Gasteiger partial charge in [-0.3, -0.25) is 4.79 Å². The van der Waals surface area contributed by atoms with Crippen LogP contribution in [0.25, 0.3) is 0 Å². The van der Waals surface area contributed by atoms with E-state index in [4.69, 9.17) is 10.5 Å². The zero-order valence-electron chi connectivity index (χ0n) is 9.58. The fourth-order valence-electron chi connectivity index (χ4n) is 1.14. The van der Waals surface area contributed by atoms with E-state index in [9.17, 15) is 4.79 Å². The zero-order valence-corrected chi connectivity index (χ0v) is 11.2. The van der Waals surface area contributed by atoms with Crippen molar-refractivity contribution in [2.24, 2.45) is 0 Å². The second-order valence-corrected chi connectivity index (χ2v) is 5.28. The fraction of sp³-hybridized carbons (Fsp3) is 0.455. The molecule has 0 atom stereocenters. The standard InChI is InChI=1S/C11H15BrN2O2/c1-11(2,3)16-10(15)6-8-7(12)4-5-9(13)14-8/h4-5H,6H2,1-3H3,(H2,13,14). The van der Waals surface area contributed by atoms with Crippen LogP contribution in [0.15, 0.2) is 16.6 Å². The summed E-state index contributed by atoms with van der Waals surface area (Å²) in [6.45, 7) is 5.48. The number of aromatic nitrogens is 1. The summed E-state index contributed by atoms with van der Waals surface area (Å²) in [5.41, 5.74) is 5.66. The Morgan fingerprint density at radius 2 is 2.12 bits per heavy atom. The third kappa shape index (κ3) is 4.18. The Morgan fingerprint density at radius 3 is 2.69 bits per heavy atom. The molecular formula is C11H15BrN2O2. The maximum atomic E-state index is 11.6. The first-order valence-electron chi connectivity index (χ1n) is 4.91. The van der Waals surface area contributed by atoms with Gasteiger partial charge in [-0.2, -0.15) is 0 Å². The van der Waals surface area contributed by atoms with Crippen molar-refractivity contribution in [2.45, 2.75) is 32.8 Å². The third-order valence-corrected chi connectivity index (χ3v) is 2.39. The number of carbonyl (C=O) groups is 1. The maximum Gasteiger partial charge on any atom is 0.312 e. The average molecular weight is 287 g/mol. The smallest absolute Gasteiger partial charge is 0.312 e. The topological polar surface area (TPSA) is 65.2 Å². The van der Waals surface area contributed by atoms with Crippen molar-refractivity contribution in [2.75, 3.05) is 5.73 Å². The molecule has 0 amide bonds. The highest BCUT2D eigenvalue weighted by molar-refractivity contribution is 9.10. The number of pyridine rings is 1. The van der Waals surface area contributed by atoms with Crippen LogP contribution in [0.3, 0.4) is 0 Å². The van der Waals surface area contributed by atoms with E-state index >= 15 is 0 Å². The van der Waals surface area contributed by atoms with Crippen molar-refractivity contribution < 1.29 is 9.53 Å². The van der Waals surface area contributed by atoms with Crippen LogP contribution in [-0.4, -0.2) is 16.6 Å². The number of hydrogen-bond acceptors (Lipinski definition) is 4. The molecule has 0 spiro atoms. The Hall–Kier alpha value is -1.10. The van der Waals surface area contributed by atoms with Crippen LogP contribution in [0.2, 0.25) is 0 Å². The molecule has 1 aromatic heterocycles. The Labute approximate surface area is 103 Å². The fourth-order valence-corrected chi connectivity index (χ4v) is 1.50. The monoisotopic (exact) mass is 286 g/mol. The average Bonchev–Trinajstić information content (AvgIpc) is 2.08. The van der Waals surface area contributed by atoms with Crippen LogP contribution >= 0.6 is 15.9 Å². The Bertz CT molecular complexity index is 399. The zero-order chi connectivity index (χ0) is 12.3. The minimum absolute atomic E-state index is 0.114. The van der Waals surface area contributed by atoms with E-state index in [1.54, 1.807) is 12.1 Å². The molecular weight excluding hydrogens is 272 g/mol. The van der Waals surface area contributed by atoms with Crippen molar-refractivity contribution in [3.8, 4) is 0 Å². The first-order valence-corrected chi connectivity index (χ1v) is 5.70. The highest BCUT2D eigenvalue weighted by Crippen LogP contribution is 2.18. The van der Waals surface area contributed by atoms with Gasteiger partial charge in [0.25, 0.3) is 0 Å². The molecule has 0 saturated heterocycles. The summed E-state index contributed by atoms with van der Waals surface area (Å²) >= 11 is 3.31. The number of ether oxygens (including phenoxy) is 1. The summed E-state index contributed by atoms with van der Waals surface area (Å²) in [4.78, 5) is 15.6. The molecule has 0 unspecified atom stereocenters. The highest BCUT2D eigenvalue weighted by Gasteiger charge is 2.18. The number of halogens is 1. The normalized spacial score (nSPS) is 11.2. The molecule has 2 N–H and O–H groups in total. The van der Waals surface area contributed by atoms with Crippen LogP contribution in [-0.2, 0) is 16.0 Å². The number of rotatable bonds is 2. The van der Waals surface area contributed by atoms with Gasteiger partial charge < -0.3 is 10.5 Å².